The number of piperazine rings is 1. The van der Waals surface area contributed by atoms with E-state index in [0.717, 1.165) is 0 Å². The summed E-state index contributed by atoms with van der Waals surface area (Å²) in [5.74, 6) is 0.687. The van der Waals surface area contributed by atoms with E-state index in [1.807, 2.05) is 4.90 Å². The van der Waals surface area contributed by atoms with Gasteiger partial charge in [-0.05, 0) is 31.2 Å². The van der Waals surface area contributed by atoms with Gasteiger partial charge in [0.2, 0.25) is 15.9 Å². The number of carbonyl (C=O) groups excluding carboxylic acids is 2. The van der Waals surface area contributed by atoms with E-state index < -0.39 is 10.0 Å². The molecule has 170 valence electrons. The van der Waals surface area contributed by atoms with Gasteiger partial charge in [0.15, 0.2) is 17.3 Å². The van der Waals surface area contributed by atoms with E-state index in [-0.39, 0.29) is 36.2 Å². The number of rotatable bonds is 6. The Morgan fingerprint density at radius 3 is 2.41 bits per heavy atom. The van der Waals surface area contributed by atoms with Gasteiger partial charge in [-0.1, -0.05) is 12.1 Å². The SMILES string of the molecule is CC(=O)c1cccc(NC(=O)CN2CCN(S(=O)(=O)c3ccc4c(c3)OCCO4)CC2)c1. The maximum absolute atomic E-state index is 13.0. The topological polar surface area (TPSA) is 105 Å². The smallest absolute Gasteiger partial charge is 0.243 e. The minimum atomic E-state index is -3.67. The van der Waals surface area contributed by atoms with Gasteiger partial charge in [-0.2, -0.15) is 4.31 Å². The second kappa shape index (κ2) is 9.27. The summed E-state index contributed by atoms with van der Waals surface area (Å²) in [5, 5.41) is 2.79. The molecule has 0 aromatic heterocycles. The summed E-state index contributed by atoms with van der Waals surface area (Å²) < 4.78 is 38.4. The number of nitrogens with one attached hydrogen (secondary N) is 1. The molecule has 0 bridgehead atoms. The summed E-state index contributed by atoms with van der Waals surface area (Å²) >= 11 is 0. The van der Waals surface area contributed by atoms with Crippen LogP contribution in [-0.2, 0) is 14.8 Å². The van der Waals surface area contributed by atoms with Crippen molar-refractivity contribution in [2.75, 3.05) is 51.3 Å². The van der Waals surface area contributed by atoms with Crippen LogP contribution >= 0.6 is 0 Å². The van der Waals surface area contributed by atoms with Gasteiger partial charge in [-0.3, -0.25) is 14.5 Å². The molecule has 0 atom stereocenters. The lowest BCUT2D eigenvalue weighted by Crippen LogP contribution is -2.50. The van der Waals surface area contributed by atoms with Crippen LogP contribution in [0, 0.1) is 0 Å². The van der Waals surface area contributed by atoms with Crippen LogP contribution in [0.15, 0.2) is 47.4 Å². The minimum Gasteiger partial charge on any atom is -0.486 e. The van der Waals surface area contributed by atoms with E-state index in [1.54, 1.807) is 30.3 Å². The van der Waals surface area contributed by atoms with Crippen molar-refractivity contribution in [3.05, 3.63) is 48.0 Å². The molecular weight excluding hydrogens is 434 g/mol. The van der Waals surface area contributed by atoms with E-state index in [9.17, 15) is 18.0 Å². The van der Waals surface area contributed by atoms with Crippen LogP contribution in [0.4, 0.5) is 5.69 Å². The van der Waals surface area contributed by atoms with Crippen LogP contribution in [0.25, 0.3) is 0 Å². The molecule has 32 heavy (non-hydrogen) atoms. The Balaban J connectivity index is 1.33. The van der Waals surface area contributed by atoms with E-state index in [0.29, 0.717) is 49.1 Å². The quantitative estimate of drug-likeness (QED) is 0.654. The molecule has 2 aromatic carbocycles. The second-order valence-corrected chi connectivity index (χ2v) is 9.61. The fourth-order valence-electron chi connectivity index (χ4n) is 3.68. The zero-order chi connectivity index (χ0) is 22.7. The monoisotopic (exact) mass is 459 g/mol. The Morgan fingerprint density at radius 2 is 1.69 bits per heavy atom. The van der Waals surface area contributed by atoms with Crippen molar-refractivity contribution >= 4 is 27.4 Å². The lowest BCUT2D eigenvalue weighted by atomic mass is 10.1. The van der Waals surface area contributed by atoms with Crippen molar-refractivity contribution < 1.29 is 27.5 Å². The molecule has 2 aliphatic rings. The first-order chi connectivity index (χ1) is 15.3. The molecule has 1 saturated heterocycles. The molecule has 0 aliphatic carbocycles. The second-order valence-electron chi connectivity index (χ2n) is 7.67. The minimum absolute atomic E-state index is 0.0727. The molecule has 1 amide bonds. The van der Waals surface area contributed by atoms with Crippen molar-refractivity contribution in [2.24, 2.45) is 0 Å². The zero-order valence-corrected chi connectivity index (χ0v) is 18.6. The molecule has 4 rings (SSSR count). The maximum Gasteiger partial charge on any atom is 0.243 e. The lowest BCUT2D eigenvalue weighted by Gasteiger charge is -2.33. The van der Waals surface area contributed by atoms with Gasteiger partial charge in [0.1, 0.15) is 13.2 Å². The Morgan fingerprint density at radius 1 is 0.969 bits per heavy atom. The molecule has 2 aromatic rings. The highest BCUT2D eigenvalue weighted by Gasteiger charge is 2.30. The molecular formula is C22H25N3O6S. The highest BCUT2D eigenvalue weighted by Crippen LogP contribution is 2.33. The summed E-state index contributed by atoms with van der Waals surface area (Å²) in [6.45, 7) is 3.87. The van der Waals surface area contributed by atoms with Gasteiger partial charge in [-0.25, -0.2) is 8.42 Å². The molecule has 0 unspecified atom stereocenters. The predicted octanol–water partition coefficient (Wildman–Crippen LogP) is 1.61. The summed E-state index contributed by atoms with van der Waals surface area (Å²) in [6, 6.07) is 11.4. The molecule has 0 saturated carbocycles. The van der Waals surface area contributed by atoms with Gasteiger partial charge in [0.05, 0.1) is 11.4 Å². The first kappa shape index (κ1) is 22.3. The standard InChI is InChI=1S/C22H25N3O6S/c1-16(26)17-3-2-4-18(13-17)23-22(27)15-24-7-9-25(10-8-24)32(28,29)19-5-6-20-21(14-19)31-12-11-30-20/h2-6,13-14H,7-12,15H2,1H3,(H,23,27). The number of hydrogen-bond donors (Lipinski definition) is 1. The van der Waals surface area contributed by atoms with Crippen LogP contribution < -0.4 is 14.8 Å². The van der Waals surface area contributed by atoms with E-state index in [2.05, 4.69) is 5.32 Å². The third-order valence-corrected chi connectivity index (χ3v) is 7.30. The summed E-state index contributed by atoms with van der Waals surface area (Å²) in [6.07, 6.45) is 0. The number of anilines is 1. The highest BCUT2D eigenvalue weighted by molar-refractivity contribution is 7.89. The van der Waals surface area contributed by atoms with Crippen LogP contribution in [0.2, 0.25) is 0 Å². The summed E-state index contributed by atoms with van der Waals surface area (Å²) in [4.78, 5) is 26.0. The van der Waals surface area contributed by atoms with Crippen molar-refractivity contribution in [2.45, 2.75) is 11.8 Å². The molecule has 2 heterocycles. The molecule has 0 spiro atoms. The van der Waals surface area contributed by atoms with Crippen LogP contribution in [0.3, 0.4) is 0 Å². The van der Waals surface area contributed by atoms with Crippen molar-refractivity contribution in [3.8, 4) is 11.5 Å². The van der Waals surface area contributed by atoms with Crippen molar-refractivity contribution in [3.63, 3.8) is 0 Å². The molecule has 0 radical (unpaired) electrons. The Kier molecular flexibility index (Phi) is 6.45. The number of benzene rings is 2. The number of sulfonamides is 1. The van der Waals surface area contributed by atoms with Crippen molar-refractivity contribution in [1.29, 1.82) is 0 Å². The largest absolute Gasteiger partial charge is 0.486 e. The Bertz CT molecular complexity index is 1130. The number of ether oxygens (including phenoxy) is 2. The van der Waals surface area contributed by atoms with Gasteiger partial charge in [0.25, 0.3) is 0 Å². The Hall–Kier alpha value is -2.95. The van der Waals surface area contributed by atoms with Crippen LogP contribution in [-0.4, -0.2) is 75.3 Å². The summed E-state index contributed by atoms with van der Waals surface area (Å²) in [7, 11) is -3.67. The number of Topliss-reactive ketones (excluding diaryl/α,β-unsaturated/α-hetero) is 1. The lowest BCUT2D eigenvalue weighted by molar-refractivity contribution is -0.117. The normalized spacial score (nSPS) is 17.0. The van der Waals surface area contributed by atoms with E-state index in [1.165, 1.54) is 23.4 Å². The Labute approximate surface area is 187 Å². The number of hydrogen-bond acceptors (Lipinski definition) is 7. The number of ketones is 1. The van der Waals surface area contributed by atoms with Gasteiger partial charge in [-0.15, -0.1) is 0 Å². The van der Waals surface area contributed by atoms with E-state index >= 15 is 0 Å². The number of amides is 1. The average molecular weight is 460 g/mol. The van der Waals surface area contributed by atoms with E-state index in [4.69, 9.17) is 9.47 Å². The molecule has 1 N–H and O–H groups in total. The fourth-order valence-corrected chi connectivity index (χ4v) is 5.12. The van der Waals surface area contributed by atoms with Crippen molar-refractivity contribution in [1.82, 2.24) is 9.21 Å². The third kappa shape index (κ3) is 4.93. The molecule has 9 nitrogen and oxygen atoms in total. The predicted molar refractivity (Wildman–Crippen MR) is 118 cm³/mol. The molecule has 2 aliphatic heterocycles. The maximum atomic E-state index is 13.0. The molecule has 10 heteroatoms. The van der Waals surface area contributed by atoms with Gasteiger partial charge in [0, 0.05) is 43.5 Å². The zero-order valence-electron chi connectivity index (χ0n) is 17.7. The first-order valence-corrected chi connectivity index (χ1v) is 11.8. The number of fused-ring (bicyclic) bond motifs is 1. The highest BCUT2D eigenvalue weighted by atomic mass is 32.2. The molecule has 1 fully saturated rings. The number of carbonyl (C=O) groups is 2. The van der Waals surface area contributed by atoms with Gasteiger partial charge < -0.3 is 14.8 Å². The fraction of sp³-hybridized carbons (Fsp3) is 0.364. The average Bonchev–Trinajstić information content (AvgIpc) is 2.79. The van der Waals surface area contributed by atoms with Crippen LogP contribution in [0.1, 0.15) is 17.3 Å². The van der Waals surface area contributed by atoms with Gasteiger partial charge >= 0.3 is 0 Å². The first-order valence-electron chi connectivity index (χ1n) is 10.4. The van der Waals surface area contributed by atoms with Crippen LogP contribution in [0.5, 0.6) is 11.5 Å². The third-order valence-electron chi connectivity index (χ3n) is 5.40. The summed E-state index contributed by atoms with van der Waals surface area (Å²) in [5.41, 5.74) is 1.09. The number of nitrogens with zero attached hydrogens (tertiary/aromatic N) is 2.